The van der Waals surface area contributed by atoms with Gasteiger partial charge in [0, 0.05) is 23.1 Å². The van der Waals surface area contributed by atoms with Gasteiger partial charge < -0.3 is 19.2 Å². The van der Waals surface area contributed by atoms with E-state index in [1.165, 1.54) is 0 Å². The number of carbonyl (C=O) groups excluding carboxylic acids is 1. The molecule has 0 saturated heterocycles. The minimum atomic E-state index is -0.255. The molecule has 0 radical (unpaired) electrons. The van der Waals surface area contributed by atoms with Crippen molar-refractivity contribution in [2.45, 2.75) is 13.5 Å². The van der Waals surface area contributed by atoms with Gasteiger partial charge in [-0.15, -0.1) is 0 Å². The van der Waals surface area contributed by atoms with E-state index < -0.39 is 0 Å². The Balaban J connectivity index is 1.29. The molecule has 1 N–H and O–H groups in total. The van der Waals surface area contributed by atoms with E-state index in [9.17, 15) is 4.79 Å². The number of benzene rings is 2. The van der Waals surface area contributed by atoms with Gasteiger partial charge in [-0.2, -0.15) is 0 Å². The maximum atomic E-state index is 12.2. The number of anilines is 1. The third-order valence-electron chi connectivity index (χ3n) is 4.38. The molecule has 0 saturated carbocycles. The van der Waals surface area contributed by atoms with Crippen LogP contribution in [0.4, 0.5) is 5.69 Å². The van der Waals surface area contributed by atoms with Crippen LogP contribution in [0.2, 0.25) is 5.02 Å². The molecule has 2 aromatic heterocycles. The second-order valence-corrected chi connectivity index (χ2v) is 7.20. The zero-order chi connectivity index (χ0) is 20.9. The number of nitrogens with one attached hydrogen (secondary N) is 1. The number of aromatic nitrogens is 2. The van der Waals surface area contributed by atoms with Crippen LogP contribution in [0.3, 0.4) is 0 Å². The maximum absolute atomic E-state index is 12.2. The molecule has 0 atom stereocenters. The van der Waals surface area contributed by atoms with Crippen molar-refractivity contribution in [2.75, 3.05) is 11.9 Å². The van der Waals surface area contributed by atoms with Gasteiger partial charge in [-0.05, 0) is 61.0 Å². The molecule has 1 amide bonds. The fourth-order valence-electron chi connectivity index (χ4n) is 2.94. The van der Waals surface area contributed by atoms with Gasteiger partial charge in [0.05, 0.1) is 5.69 Å². The van der Waals surface area contributed by atoms with Gasteiger partial charge in [0.1, 0.15) is 12.4 Å². The van der Waals surface area contributed by atoms with E-state index in [2.05, 4.69) is 10.3 Å². The van der Waals surface area contributed by atoms with Crippen molar-refractivity contribution >= 4 is 28.8 Å². The summed E-state index contributed by atoms with van der Waals surface area (Å²) in [4.78, 5) is 16.7. The lowest BCUT2D eigenvalue weighted by Crippen LogP contribution is -2.20. The third kappa shape index (κ3) is 4.90. The molecule has 4 rings (SSSR count). The summed E-state index contributed by atoms with van der Waals surface area (Å²) >= 11 is 5.88. The van der Waals surface area contributed by atoms with E-state index in [-0.39, 0.29) is 12.5 Å². The molecule has 0 fully saturated rings. The zero-order valence-corrected chi connectivity index (χ0v) is 17.1. The van der Waals surface area contributed by atoms with Gasteiger partial charge in [-0.25, -0.2) is 4.98 Å². The molecule has 0 spiro atoms. The summed E-state index contributed by atoms with van der Waals surface area (Å²) in [5.74, 6) is 1.02. The topological polar surface area (TPSA) is 64.9 Å². The normalized spacial score (nSPS) is 10.7. The Labute approximate surface area is 179 Å². The predicted octanol–water partition coefficient (Wildman–Crippen LogP) is 4.89. The Morgan fingerprint density at radius 2 is 1.83 bits per heavy atom. The van der Waals surface area contributed by atoms with Crippen LogP contribution in [0.5, 0.6) is 11.5 Å². The van der Waals surface area contributed by atoms with Crippen molar-refractivity contribution in [1.82, 2.24) is 9.38 Å². The second kappa shape index (κ2) is 8.88. The van der Waals surface area contributed by atoms with Crippen molar-refractivity contribution in [2.24, 2.45) is 0 Å². The quantitative estimate of drug-likeness (QED) is 0.461. The van der Waals surface area contributed by atoms with E-state index in [1.807, 2.05) is 54.0 Å². The van der Waals surface area contributed by atoms with Crippen molar-refractivity contribution in [3.05, 3.63) is 89.3 Å². The van der Waals surface area contributed by atoms with Crippen LogP contribution in [0, 0.1) is 6.92 Å². The number of hydrogen-bond donors (Lipinski definition) is 1. The largest absolute Gasteiger partial charge is 0.489 e. The molecule has 0 aliphatic carbocycles. The van der Waals surface area contributed by atoms with E-state index in [4.69, 9.17) is 21.1 Å². The SMILES string of the molecule is Cc1cn2cccc(OCC(=O)Nc3ccc(OCc4ccc(Cl)cc4)cc3)c2n1. The van der Waals surface area contributed by atoms with Gasteiger partial charge in [0.15, 0.2) is 18.0 Å². The highest BCUT2D eigenvalue weighted by Crippen LogP contribution is 2.20. The molecular formula is C23H20ClN3O3. The summed E-state index contributed by atoms with van der Waals surface area (Å²) in [5, 5.41) is 3.51. The van der Waals surface area contributed by atoms with Crippen molar-refractivity contribution in [3.63, 3.8) is 0 Å². The molecule has 2 aromatic carbocycles. The Hall–Kier alpha value is -3.51. The van der Waals surface area contributed by atoms with E-state index in [1.54, 1.807) is 30.3 Å². The average Bonchev–Trinajstić information content (AvgIpc) is 3.13. The minimum Gasteiger partial charge on any atom is -0.489 e. The monoisotopic (exact) mass is 421 g/mol. The maximum Gasteiger partial charge on any atom is 0.262 e. The number of ether oxygens (including phenoxy) is 2. The van der Waals surface area contributed by atoms with Crippen molar-refractivity contribution in [1.29, 1.82) is 0 Å². The lowest BCUT2D eigenvalue weighted by atomic mass is 10.2. The minimum absolute atomic E-state index is 0.111. The predicted molar refractivity (Wildman–Crippen MR) is 116 cm³/mol. The smallest absolute Gasteiger partial charge is 0.262 e. The fourth-order valence-corrected chi connectivity index (χ4v) is 3.07. The Kier molecular flexibility index (Phi) is 5.86. The molecule has 152 valence electrons. The molecule has 0 aliphatic rings. The van der Waals surface area contributed by atoms with Crippen LogP contribution in [0.25, 0.3) is 5.65 Å². The number of rotatable bonds is 7. The molecule has 0 bridgehead atoms. The molecule has 2 heterocycles. The zero-order valence-electron chi connectivity index (χ0n) is 16.3. The first-order valence-corrected chi connectivity index (χ1v) is 9.79. The number of amides is 1. The van der Waals surface area contributed by atoms with Crippen molar-refractivity contribution < 1.29 is 14.3 Å². The number of halogens is 1. The molecule has 6 nitrogen and oxygen atoms in total. The molecule has 7 heteroatoms. The number of pyridine rings is 1. The number of carbonyl (C=O) groups is 1. The number of hydrogen-bond acceptors (Lipinski definition) is 4. The highest BCUT2D eigenvalue weighted by atomic mass is 35.5. The summed E-state index contributed by atoms with van der Waals surface area (Å²) in [5.41, 5.74) is 3.26. The summed E-state index contributed by atoms with van der Waals surface area (Å²) in [7, 11) is 0. The van der Waals surface area contributed by atoms with Crippen LogP contribution in [0.1, 0.15) is 11.3 Å². The highest BCUT2D eigenvalue weighted by Gasteiger charge is 2.09. The van der Waals surface area contributed by atoms with Crippen LogP contribution in [0.15, 0.2) is 73.1 Å². The standard InChI is InChI=1S/C23H20ClN3O3/c1-16-13-27-12-2-3-21(23(27)25-16)30-15-22(28)26-19-8-10-20(11-9-19)29-14-17-4-6-18(24)7-5-17/h2-13H,14-15H2,1H3,(H,26,28). The molecule has 30 heavy (non-hydrogen) atoms. The lowest BCUT2D eigenvalue weighted by Gasteiger charge is -2.10. The molecule has 0 unspecified atom stereocenters. The number of imidazole rings is 1. The summed E-state index contributed by atoms with van der Waals surface area (Å²) < 4.78 is 13.3. The summed E-state index contributed by atoms with van der Waals surface area (Å²) in [6, 6.07) is 18.3. The highest BCUT2D eigenvalue weighted by molar-refractivity contribution is 6.30. The van der Waals surface area contributed by atoms with Crippen LogP contribution < -0.4 is 14.8 Å². The first-order valence-electron chi connectivity index (χ1n) is 9.41. The number of nitrogens with zero attached hydrogens (tertiary/aromatic N) is 2. The number of fused-ring (bicyclic) bond motifs is 1. The Morgan fingerprint density at radius 1 is 1.07 bits per heavy atom. The fraction of sp³-hybridized carbons (Fsp3) is 0.130. The molecule has 4 aromatic rings. The van der Waals surface area contributed by atoms with Gasteiger partial charge in [0.2, 0.25) is 0 Å². The third-order valence-corrected chi connectivity index (χ3v) is 4.63. The Bertz CT molecular complexity index is 1150. The van der Waals surface area contributed by atoms with Crippen LogP contribution in [-0.4, -0.2) is 21.9 Å². The molecular weight excluding hydrogens is 402 g/mol. The van der Waals surface area contributed by atoms with Gasteiger partial charge in [-0.1, -0.05) is 23.7 Å². The van der Waals surface area contributed by atoms with Gasteiger partial charge in [0.25, 0.3) is 5.91 Å². The van der Waals surface area contributed by atoms with Crippen LogP contribution in [-0.2, 0) is 11.4 Å². The van der Waals surface area contributed by atoms with Gasteiger partial charge >= 0.3 is 0 Å². The van der Waals surface area contributed by atoms with Gasteiger partial charge in [-0.3, -0.25) is 4.79 Å². The van der Waals surface area contributed by atoms with Crippen molar-refractivity contribution in [3.8, 4) is 11.5 Å². The average molecular weight is 422 g/mol. The van der Waals surface area contributed by atoms with Crippen LogP contribution >= 0.6 is 11.6 Å². The first kappa shape index (κ1) is 19.8. The van der Waals surface area contributed by atoms with E-state index in [0.717, 1.165) is 11.3 Å². The van der Waals surface area contributed by atoms with E-state index >= 15 is 0 Å². The lowest BCUT2D eigenvalue weighted by molar-refractivity contribution is -0.118. The Morgan fingerprint density at radius 3 is 2.60 bits per heavy atom. The van der Waals surface area contributed by atoms with E-state index in [0.29, 0.717) is 34.5 Å². The number of aryl methyl sites for hydroxylation is 1. The first-order chi connectivity index (χ1) is 14.6. The molecule has 0 aliphatic heterocycles. The summed E-state index contributed by atoms with van der Waals surface area (Å²) in [6.07, 6.45) is 3.79. The second-order valence-electron chi connectivity index (χ2n) is 6.76. The summed E-state index contributed by atoms with van der Waals surface area (Å²) in [6.45, 7) is 2.24.